The van der Waals surface area contributed by atoms with Crippen LogP contribution in [0, 0.1) is 0 Å². The number of hydrogen-bond donors (Lipinski definition) is 1. The van der Waals surface area contributed by atoms with Crippen molar-refractivity contribution in [1.82, 2.24) is 5.32 Å². The molecule has 8 heavy (non-hydrogen) atoms. The lowest BCUT2D eigenvalue weighted by atomic mass is 10.8. The van der Waals surface area contributed by atoms with E-state index in [1.165, 1.54) is 7.11 Å². The van der Waals surface area contributed by atoms with E-state index in [4.69, 9.17) is 4.18 Å². The average molecular weight is 133 g/mol. The van der Waals surface area contributed by atoms with E-state index >= 15 is 0 Å². The normalized spacial score (nSPS) is 27.1. The molecular formula is C4H7NO2S. The minimum Gasteiger partial charge on any atom is -0.342 e. The van der Waals surface area contributed by atoms with Crippen LogP contribution in [0.3, 0.4) is 0 Å². The molecule has 0 saturated heterocycles. The van der Waals surface area contributed by atoms with Crippen LogP contribution in [-0.4, -0.2) is 24.3 Å². The zero-order valence-electron chi connectivity index (χ0n) is 4.51. The van der Waals surface area contributed by atoms with Crippen LogP contribution in [0.5, 0.6) is 0 Å². The van der Waals surface area contributed by atoms with Gasteiger partial charge >= 0.3 is 0 Å². The largest absolute Gasteiger partial charge is 0.342 e. The summed E-state index contributed by atoms with van der Waals surface area (Å²) in [5.41, 5.74) is 0. The molecule has 1 N–H and O–H groups in total. The van der Waals surface area contributed by atoms with E-state index in [2.05, 4.69) is 5.32 Å². The van der Waals surface area contributed by atoms with Crippen LogP contribution in [0.1, 0.15) is 0 Å². The minimum atomic E-state index is -0.554. The molecule has 1 aliphatic rings. The molecule has 0 bridgehead atoms. The van der Waals surface area contributed by atoms with Gasteiger partial charge in [0.05, 0.1) is 7.11 Å². The lowest BCUT2D eigenvalue weighted by Crippen LogP contribution is -2.13. The summed E-state index contributed by atoms with van der Waals surface area (Å²) >= 11 is 0. The topological polar surface area (TPSA) is 38.3 Å². The third-order valence-corrected chi connectivity index (χ3v) is 2.18. The van der Waals surface area contributed by atoms with Crippen molar-refractivity contribution in [3.05, 3.63) is 0 Å². The van der Waals surface area contributed by atoms with E-state index in [0.29, 0.717) is 6.54 Å². The summed E-state index contributed by atoms with van der Waals surface area (Å²) in [5, 5.41) is 4.43. The van der Waals surface area contributed by atoms with E-state index in [1.54, 1.807) is 0 Å². The van der Waals surface area contributed by atoms with Gasteiger partial charge in [-0.05, 0) is 5.37 Å². The Balaban J connectivity index is 2.62. The highest BCUT2D eigenvalue weighted by atomic mass is 32.2. The Labute approximate surface area is 50.2 Å². The molecule has 1 rings (SSSR count). The second-order valence-electron chi connectivity index (χ2n) is 1.30. The monoisotopic (exact) mass is 133 g/mol. The second-order valence-corrected chi connectivity index (χ2v) is 2.93. The maximum absolute atomic E-state index is 10.6. The second kappa shape index (κ2) is 2.28. The van der Waals surface area contributed by atoms with Gasteiger partial charge in [-0.2, -0.15) is 0 Å². The fraction of sp³-hybridized carbons (Fsp3) is 0.500. The summed E-state index contributed by atoms with van der Waals surface area (Å²) in [6, 6.07) is 0. The molecule has 0 aliphatic carbocycles. The Morgan fingerprint density at radius 2 is 2.75 bits per heavy atom. The Bertz CT molecular complexity index is 143. The number of rotatable bonds is 1. The van der Waals surface area contributed by atoms with Crippen molar-refractivity contribution in [2.24, 2.45) is 0 Å². The predicted octanol–water partition coefficient (Wildman–Crippen LogP) is 0.342. The summed E-state index contributed by atoms with van der Waals surface area (Å²) < 4.78 is 4.78. The van der Waals surface area contributed by atoms with Crippen molar-refractivity contribution in [3.63, 3.8) is 0 Å². The number of nitrogens with one attached hydrogen (secondary N) is 1. The molecule has 0 aromatic rings. The molecular weight excluding hydrogens is 126 g/mol. The van der Waals surface area contributed by atoms with Crippen LogP contribution < -0.4 is 5.32 Å². The standard InChI is InChI=1S/C4H7NO2S/c1-7-8-3-2-5-4(8)6/h3H,2H2,1H3,(H,5,6). The van der Waals surface area contributed by atoms with Crippen molar-refractivity contribution in [1.29, 1.82) is 0 Å². The highest BCUT2D eigenvalue weighted by molar-refractivity contribution is 8.24. The molecule has 0 fully saturated rings. The highest BCUT2D eigenvalue weighted by Gasteiger charge is 2.10. The third kappa shape index (κ3) is 0.900. The summed E-state index contributed by atoms with van der Waals surface area (Å²) in [7, 11) is 0.978. The van der Waals surface area contributed by atoms with Gasteiger partial charge < -0.3 is 9.50 Å². The smallest absolute Gasteiger partial charge is 0.298 e. The van der Waals surface area contributed by atoms with Crippen LogP contribution in [0.15, 0.2) is 0 Å². The molecule has 0 aromatic heterocycles. The Hall–Kier alpha value is -0.350. The Kier molecular flexibility index (Phi) is 1.65. The maximum Gasteiger partial charge on any atom is 0.298 e. The van der Waals surface area contributed by atoms with Gasteiger partial charge in [-0.1, -0.05) is 0 Å². The van der Waals surface area contributed by atoms with Crippen LogP contribution in [0.2, 0.25) is 0 Å². The summed E-state index contributed by atoms with van der Waals surface area (Å²) in [6.07, 6.45) is 0. The van der Waals surface area contributed by atoms with E-state index in [0.717, 1.165) is 0 Å². The first kappa shape index (κ1) is 5.78. The first-order chi connectivity index (χ1) is 3.84. The molecule has 3 nitrogen and oxygen atoms in total. The zero-order valence-corrected chi connectivity index (χ0v) is 5.33. The molecule has 1 heterocycles. The molecule has 0 radical (unpaired) electrons. The Morgan fingerprint density at radius 1 is 2.00 bits per heavy atom. The first-order valence-corrected chi connectivity index (χ1v) is 3.44. The van der Waals surface area contributed by atoms with Gasteiger partial charge in [0.2, 0.25) is 0 Å². The van der Waals surface area contributed by atoms with Crippen LogP contribution in [0.4, 0.5) is 4.79 Å². The molecule has 4 heteroatoms. The molecule has 46 valence electrons. The SMILES string of the molecule is COS1=CCNC1=O. The van der Waals surface area contributed by atoms with Gasteiger partial charge in [-0.15, -0.1) is 0 Å². The van der Waals surface area contributed by atoms with Crippen molar-refractivity contribution < 1.29 is 8.98 Å². The van der Waals surface area contributed by atoms with E-state index in [1.807, 2.05) is 5.37 Å². The molecule has 0 spiro atoms. The molecule has 0 aromatic carbocycles. The molecule has 1 amide bonds. The van der Waals surface area contributed by atoms with Gasteiger partial charge in [-0.25, -0.2) is 0 Å². The first-order valence-electron chi connectivity index (χ1n) is 2.23. The lowest BCUT2D eigenvalue weighted by molar-refractivity contribution is 0.260. The van der Waals surface area contributed by atoms with Gasteiger partial charge in [-0.3, -0.25) is 4.79 Å². The highest BCUT2D eigenvalue weighted by Crippen LogP contribution is 2.14. The van der Waals surface area contributed by atoms with Gasteiger partial charge in [0.1, 0.15) is 0 Å². The third-order valence-electron chi connectivity index (χ3n) is 0.843. The van der Waals surface area contributed by atoms with Crippen LogP contribution in [0.25, 0.3) is 0 Å². The fourth-order valence-electron chi connectivity index (χ4n) is 0.491. The van der Waals surface area contributed by atoms with Crippen LogP contribution in [-0.2, 0) is 4.18 Å². The van der Waals surface area contributed by atoms with Gasteiger partial charge in [0.25, 0.3) is 5.24 Å². The molecule has 1 unspecified atom stereocenters. The minimum absolute atomic E-state index is 0.00694. The van der Waals surface area contributed by atoms with Crippen molar-refractivity contribution in [2.45, 2.75) is 0 Å². The van der Waals surface area contributed by atoms with E-state index < -0.39 is 10.8 Å². The van der Waals surface area contributed by atoms with E-state index in [9.17, 15) is 4.79 Å². The van der Waals surface area contributed by atoms with E-state index in [-0.39, 0.29) is 5.24 Å². The lowest BCUT2D eigenvalue weighted by Gasteiger charge is -1.93. The Morgan fingerprint density at radius 3 is 3.00 bits per heavy atom. The number of amides is 1. The number of hydrogen-bond acceptors (Lipinski definition) is 2. The summed E-state index contributed by atoms with van der Waals surface area (Å²) in [4.78, 5) is 10.6. The van der Waals surface area contributed by atoms with Crippen LogP contribution >= 0.6 is 10.8 Å². The van der Waals surface area contributed by atoms with Gasteiger partial charge in [0, 0.05) is 17.3 Å². The zero-order chi connectivity index (χ0) is 5.98. The van der Waals surface area contributed by atoms with Crippen molar-refractivity contribution in [2.75, 3.05) is 13.7 Å². The molecule has 1 aliphatic heterocycles. The van der Waals surface area contributed by atoms with Gasteiger partial charge in [0.15, 0.2) is 0 Å². The summed E-state index contributed by atoms with van der Waals surface area (Å²) in [5.74, 6) is 0. The average Bonchev–Trinajstić information content (AvgIpc) is 2.14. The van der Waals surface area contributed by atoms with Crippen molar-refractivity contribution in [3.8, 4) is 0 Å². The quantitative estimate of drug-likeness (QED) is 0.524. The summed E-state index contributed by atoms with van der Waals surface area (Å²) in [6.45, 7) is 0.649. The van der Waals surface area contributed by atoms with Crippen molar-refractivity contribution >= 4 is 21.4 Å². The number of carbonyl (C=O) groups excluding carboxylic acids is 1. The maximum atomic E-state index is 10.6. The molecule has 1 atom stereocenters. The number of carbonyl (C=O) groups is 1. The predicted molar refractivity (Wildman–Crippen MR) is 34.1 cm³/mol. The molecule has 0 saturated carbocycles. The fourth-order valence-corrected chi connectivity index (χ4v) is 1.39.